The molecule has 0 fully saturated rings. The molecule has 1 unspecified atom stereocenters. The maximum Gasteiger partial charge on any atom is 0.0346 e. The molecular formula is C13H14BrNS. The molecule has 2 aromatic rings. The van der Waals surface area contributed by atoms with Gasteiger partial charge in [-0.05, 0) is 54.1 Å². The van der Waals surface area contributed by atoms with Crippen LogP contribution in [-0.4, -0.2) is 0 Å². The van der Waals surface area contributed by atoms with Crippen molar-refractivity contribution in [2.45, 2.75) is 19.9 Å². The molecule has 0 spiro atoms. The Morgan fingerprint density at radius 3 is 2.62 bits per heavy atom. The predicted molar refractivity (Wildman–Crippen MR) is 74.8 cm³/mol. The molecule has 3 heteroatoms. The van der Waals surface area contributed by atoms with Crippen LogP contribution >= 0.6 is 27.3 Å². The Balaban J connectivity index is 2.39. The molecule has 0 aliphatic heterocycles. The molecule has 0 radical (unpaired) electrons. The zero-order valence-corrected chi connectivity index (χ0v) is 11.7. The highest BCUT2D eigenvalue weighted by Crippen LogP contribution is 2.31. The molecule has 0 saturated carbocycles. The third-order valence-electron chi connectivity index (χ3n) is 2.59. The van der Waals surface area contributed by atoms with Crippen LogP contribution < -0.4 is 5.73 Å². The normalized spacial score (nSPS) is 12.8. The average molecular weight is 296 g/mol. The summed E-state index contributed by atoms with van der Waals surface area (Å²) in [6.45, 7) is 4.12. The highest BCUT2D eigenvalue weighted by molar-refractivity contribution is 9.10. The first-order valence-electron chi connectivity index (χ1n) is 5.18. The van der Waals surface area contributed by atoms with Crippen molar-refractivity contribution in [2.24, 2.45) is 5.73 Å². The fourth-order valence-corrected chi connectivity index (χ4v) is 2.80. The van der Waals surface area contributed by atoms with E-state index in [4.69, 9.17) is 5.73 Å². The highest BCUT2D eigenvalue weighted by Gasteiger charge is 2.06. The van der Waals surface area contributed by atoms with Crippen LogP contribution in [0.3, 0.4) is 0 Å². The number of nitrogens with two attached hydrogens (primary N) is 1. The van der Waals surface area contributed by atoms with E-state index in [0.29, 0.717) is 0 Å². The lowest BCUT2D eigenvalue weighted by Crippen LogP contribution is -2.02. The van der Waals surface area contributed by atoms with Crippen LogP contribution in [0.25, 0.3) is 10.4 Å². The van der Waals surface area contributed by atoms with Crippen molar-refractivity contribution in [3.05, 3.63) is 45.2 Å². The minimum Gasteiger partial charge on any atom is -0.324 e. The summed E-state index contributed by atoms with van der Waals surface area (Å²) in [7, 11) is 0. The smallest absolute Gasteiger partial charge is 0.0346 e. The molecule has 1 aromatic heterocycles. The minimum atomic E-state index is 0.113. The molecular weight excluding hydrogens is 282 g/mol. The van der Waals surface area contributed by atoms with E-state index in [1.165, 1.54) is 21.6 Å². The van der Waals surface area contributed by atoms with Gasteiger partial charge in [0.05, 0.1) is 0 Å². The highest BCUT2D eigenvalue weighted by atomic mass is 79.9. The maximum absolute atomic E-state index is 5.86. The third kappa shape index (κ3) is 2.37. The first kappa shape index (κ1) is 11.8. The Morgan fingerprint density at radius 1 is 1.31 bits per heavy atom. The number of hydrogen-bond acceptors (Lipinski definition) is 2. The molecule has 2 N–H and O–H groups in total. The number of benzene rings is 1. The van der Waals surface area contributed by atoms with E-state index < -0.39 is 0 Å². The van der Waals surface area contributed by atoms with Crippen molar-refractivity contribution in [3.8, 4) is 10.4 Å². The van der Waals surface area contributed by atoms with Gasteiger partial charge >= 0.3 is 0 Å². The molecule has 0 bridgehead atoms. The van der Waals surface area contributed by atoms with E-state index in [9.17, 15) is 0 Å². The van der Waals surface area contributed by atoms with Crippen LogP contribution in [0.4, 0.5) is 0 Å². The van der Waals surface area contributed by atoms with Gasteiger partial charge in [0.1, 0.15) is 0 Å². The lowest BCUT2D eigenvalue weighted by atomic mass is 10.1. The third-order valence-corrected chi connectivity index (χ3v) is 4.48. The monoisotopic (exact) mass is 295 g/mol. The topological polar surface area (TPSA) is 26.0 Å². The molecule has 0 aliphatic rings. The Labute approximate surface area is 108 Å². The summed E-state index contributed by atoms with van der Waals surface area (Å²) in [5, 5.41) is 2.14. The summed E-state index contributed by atoms with van der Waals surface area (Å²) in [5.74, 6) is 0. The second kappa shape index (κ2) is 4.70. The van der Waals surface area contributed by atoms with Gasteiger partial charge in [0.25, 0.3) is 0 Å². The van der Waals surface area contributed by atoms with Gasteiger partial charge in [-0.3, -0.25) is 0 Å². The van der Waals surface area contributed by atoms with Crippen LogP contribution in [0.1, 0.15) is 24.1 Å². The minimum absolute atomic E-state index is 0.113. The van der Waals surface area contributed by atoms with Gasteiger partial charge in [-0.2, -0.15) is 0 Å². The first-order valence-corrected chi connectivity index (χ1v) is 6.85. The first-order chi connectivity index (χ1) is 7.58. The molecule has 1 heterocycles. The van der Waals surface area contributed by atoms with Gasteiger partial charge < -0.3 is 5.73 Å². The number of thiophene rings is 1. The lowest BCUT2D eigenvalue weighted by Gasteiger charge is -2.02. The Bertz CT molecular complexity index is 502. The predicted octanol–water partition coefficient (Wildman–Crippen LogP) is 4.51. The van der Waals surface area contributed by atoms with Crippen molar-refractivity contribution < 1.29 is 0 Å². The van der Waals surface area contributed by atoms with Gasteiger partial charge in [-0.15, -0.1) is 11.3 Å². The van der Waals surface area contributed by atoms with Gasteiger partial charge in [0, 0.05) is 15.4 Å². The van der Waals surface area contributed by atoms with Crippen LogP contribution in [0.15, 0.2) is 34.1 Å². The van der Waals surface area contributed by atoms with E-state index in [-0.39, 0.29) is 6.04 Å². The largest absolute Gasteiger partial charge is 0.324 e. The number of rotatable bonds is 2. The van der Waals surface area contributed by atoms with E-state index in [2.05, 4.69) is 52.5 Å². The number of halogens is 1. The SMILES string of the molecule is Cc1cc(-c2cc(C(C)N)cs2)ccc1Br. The fraction of sp³-hybridized carbons (Fsp3) is 0.231. The van der Waals surface area contributed by atoms with Gasteiger partial charge in [-0.1, -0.05) is 22.0 Å². The zero-order valence-electron chi connectivity index (χ0n) is 9.33. The Kier molecular flexibility index (Phi) is 3.47. The van der Waals surface area contributed by atoms with Crippen LogP contribution in [0.5, 0.6) is 0 Å². The quantitative estimate of drug-likeness (QED) is 0.867. The second-order valence-corrected chi connectivity index (χ2v) is 5.76. The summed E-state index contributed by atoms with van der Waals surface area (Å²) in [6, 6.07) is 8.71. The van der Waals surface area contributed by atoms with Gasteiger partial charge in [-0.25, -0.2) is 0 Å². The summed E-state index contributed by atoms with van der Waals surface area (Å²) in [5.41, 5.74) is 9.59. The van der Waals surface area contributed by atoms with Crippen molar-refractivity contribution in [1.29, 1.82) is 0 Å². The average Bonchev–Trinajstić information content (AvgIpc) is 2.71. The standard InChI is InChI=1S/C13H14BrNS/c1-8-5-10(3-4-12(8)14)13-6-11(7-16-13)9(2)15/h3-7,9H,15H2,1-2H3. The van der Waals surface area contributed by atoms with Crippen LogP contribution in [-0.2, 0) is 0 Å². The molecule has 2 rings (SSSR count). The number of aryl methyl sites for hydroxylation is 1. The molecule has 0 saturated heterocycles. The summed E-state index contributed by atoms with van der Waals surface area (Å²) >= 11 is 5.26. The van der Waals surface area contributed by atoms with Crippen LogP contribution in [0, 0.1) is 6.92 Å². The van der Waals surface area contributed by atoms with Gasteiger partial charge in [0.2, 0.25) is 0 Å². The van der Waals surface area contributed by atoms with Crippen molar-refractivity contribution >= 4 is 27.3 Å². The molecule has 0 amide bonds. The summed E-state index contributed by atoms with van der Waals surface area (Å²) < 4.78 is 1.15. The fourth-order valence-electron chi connectivity index (χ4n) is 1.54. The van der Waals surface area contributed by atoms with E-state index in [1.807, 2.05) is 6.92 Å². The van der Waals surface area contributed by atoms with Crippen LogP contribution in [0.2, 0.25) is 0 Å². The maximum atomic E-state index is 5.86. The van der Waals surface area contributed by atoms with Crippen molar-refractivity contribution in [1.82, 2.24) is 0 Å². The Hall–Kier alpha value is -0.640. The summed E-state index contributed by atoms with van der Waals surface area (Å²) in [4.78, 5) is 1.28. The summed E-state index contributed by atoms with van der Waals surface area (Å²) in [6.07, 6.45) is 0. The van der Waals surface area contributed by atoms with Gasteiger partial charge in [0.15, 0.2) is 0 Å². The van der Waals surface area contributed by atoms with Crippen molar-refractivity contribution in [3.63, 3.8) is 0 Å². The zero-order chi connectivity index (χ0) is 11.7. The molecule has 1 aromatic carbocycles. The van der Waals surface area contributed by atoms with E-state index in [0.717, 1.165) is 4.47 Å². The molecule has 0 aliphatic carbocycles. The lowest BCUT2D eigenvalue weighted by molar-refractivity contribution is 0.823. The molecule has 1 nitrogen and oxygen atoms in total. The number of hydrogen-bond donors (Lipinski definition) is 1. The molecule has 16 heavy (non-hydrogen) atoms. The Morgan fingerprint density at radius 2 is 2.06 bits per heavy atom. The molecule has 1 atom stereocenters. The van der Waals surface area contributed by atoms with E-state index in [1.54, 1.807) is 11.3 Å². The second-order valence-electron chi connectivity index (χ2n) is 4.00. The van der Waals surface area contributed by atoms with E-state index >= 15 is 0 Å². The molecule has 84 valence electrons. The van der Waals surface area contributed by atoms with Crippen molar-refractivity contribution in [2.75, 3.05) is 0 Å².